The highest BCUT2D eigenvalue weighted by molar-refractivity contribution is 5.79. The molecule has 2 fully saturated rings. The molecular formula is C21H33N3O2. The molecule has 1 saturated carbocycles. The van der Waals surface area contributed by atoms with Crippen LogP contribution in [0, 0.1) is 11.8 Å². The number of ether oxygens (including phenoxy) is 1. The smallest absolute Gasteiger partial charge is 0.226 e. The van der Waals surface area contributed by atoms with E-state index in [9.17, 15) is 4.79 Å². The Hall–Kier alpha value is -1.43. The van der Waals surface area contributed by atoms with Crippen LogP contribution in [0.1, 0.15) is 31.7 Å². The molecule has 26 heavy (non-hydrogen) atoms. The number of rotatable bonds is 7. The quantitative estimate of drug-likeness (QED) is 0.810. The number of amides is 1. The van der Waals surface area contributed by atoms with Crippen LogP contribution in [0.5, 0.6) is 0 Å². The third-order valence-corrected chi connectivity index (χ3v) is 5.92. The number of carbonyl (C=O) groups excluding carboxylic acids is 1. The highest BCUT2D eigenvalue weighted by Gasteiger charge is 2.36. The average molecular weight is 360 g/mol. The molecule has 0 radical (unpaired) electrons. The second-order valence-electron chi connectivity index (χ2n) is 7.75. The number of hydrogen-bond donors (Lipinski definition) is 1. The molecular weight excluding hydrogens is 326 g/mol. The van der Waals surface area contributed by atoms with Crippen LogP contribution in [0.2, 0.25) is 0 Å². The number of nitrogens with two attached hydrogens (primary N) is 1. The zero-order valence-electron chi connectivity index (χ0n) is 16.0. The Bertz CT molecular complexity index is 560. The molecule has 5 nitrogen and oxygen atoms in total. The number of nitrogens with zero attached hydrogens (tertiary/aromatic N) is 2. The van der Waals surface area contributed by atoms with E-state index in [4.69, 9.17) is 10.5 Å². The Morgan fingerprint density at radius 2 is 2.00 bits per heavy atom. The predicted octanol–water partition coefficient (Wildman–Crippen LogP) is 2.11. The third-order valence-electron chi connectivity index (χ3n) is 5.92. The summed E-state index contributed by atoms with van der Waals surface area (Å²) in [5, 5.41) is 0. The number of hydrogen-bond acceptors (Lipinski definition) is 4. The van der Waals surface area contributed by atoms with Gasteiger partial charge in [-0.1, -0.05) is 36.8 Å². The van der Waals surface area contributed by atoms with Gasteiger partial charge in [0.05, 0.1) is 13.2 Å². The lowest BCUT2D eigenvalue weighted by molar-refractivity contribution is -0.140. The fourth-order valence-corrected chi connectivity index (χ4v) is 4.34. The minimum atomic E-state index is 0.0934. The molecule has 1 aromatic carbocycles. The summed E-state index contributed by atoms with van der Waals surface area (Å²) in [7, 11) is 0. The highest BCUT2D eigenvalue weighted by atomic mass is 16.5. The highest BCUT2D eigenvalue weighted by Crippen LogP contribution is 2.33. The van der Waals surface area contributed by atoms with Crippen molar-refractivity contribution < 1.29 is 9.53 Å². The van der Waals surface area contributed by atoms with Gasteiger partial charge in [0, 0.05) is 38.1 Å². The van der Waals surface area contributed by atoms with Gasteiger partial charge in [0.1, 0.15) is 0 Å². The Kier molecular flexibility index (Phi) is 7.06. The Morgan fingerprint density at radius 1 is 1.27 bits per heavy atom. The van der Waals surface area contributed by atoms with Gasteiger partial charge in [-0.2, -0.15) is 0 Å². The van der Waals surface area contributed by atoms with E-state index in [1.807, 2.05) is 18.2 Å². The monoisotopic (exact) mass is 359 g/mol. The molecule has 0 spiro atoms. The summed E-state index contributed by atoms with van der Waals surface area (Å²) in [6, 6.07) is 10.5. The molecule has 3 rings (SSSR count). The standard InChI is InChI=1S/C21H33N3O2/c1-17(15-23-10-12-26-13-11-23)24(16-18-6-3-2-4-7-18)21(25)20-9-5-8-19(20)14-22/h2-4,6-7,17,19-20H,5,8-16,22H2,1H3/t17?,19-,20-/m1/s1. The van der Waals surface area contributed by atoms with Crippen LogP contribution < -0.4 is 5.73 Å². The number of benzene rings is 1. The maximum absolute atomic E-state index is 13.4. The lowest BCUT2D eigenvalue weighted by Crippen LogP contribution is -2.50. The largest absolute Gasteiger partial charge is 0.379 e. The van der Waals surface area contributed by atoms with Crippen LogP contribution in [-0.4, -0.2) is 61.1 Å². The molecule has 1 unspecified atom stereocenters. The SMILES string of the molecule is CC(CN1CCOCC1)N(Cc1ccccc1)C(=O)[C@@H]1CCC[C@@H]1CN. The van der Waals surface area contributed by atoms with Crippen LogP contribution >= 0.6 is 0 Å². The second kappa shape index (κ2) is 9.49. The first kappa shape index (κ1) is 19.3. The van der Waals surface area contributed by atoms with E-state index in [2.05, 4.69) is 28.9 Å². The van der Waals surface area contributed by atoms with Gasteiger partial charge in [0.25, 0.3) is 0 Å². The van der Waals surface area contributed by atoms with Gasteiger partial charge in [0.2, 0.25) is 5.91 Å². The normalized spacial score (nSPS) is 25.2. The van der Waals surface area contributed by atoms with Crippen LogP contribution in [-0.2, 0) is 16.1 Å². The topological polar surface area (TPSA) is 58.8 Å². The molecule has 2 aliphatic rings. The van der Waals surface area contributed by atoms with Gasteiger partial charge >= 0.3 is 0 Å². The first-order valence-electron chi connectivity index (χ1n) is 10.0. The van der Waals surface area contributed by atoms with Gasteiger partial charge < -0.3 is 15.4 Å². The summed E-state index contributed by atoms with van der Waals surface area (Å²) in [6.07, 6.45) is 3.19. The minimum Gasteiger partial charge on any atom is -0.379 e. The lowest BCUT2D eigenvalue weighted by atomic mass is 9.94. The number of carbonyl (C=O) groups is 1. The minimum absolute atomic E-state index is 0.0934. The molecule has 3 atom stereocenters. The Balaban J connectivity index is 1.72. The predicted molar refractivity (Wildman–Crippen MR) is 104 cm³/mol. The van der Waals surface area contributed by atoms with Crippen LogP contribution in [0.4, 0.5) is 0 Å². The maximum atomic E-state index is 13.4. The molecule has 1 amide bonds. The third kappa shape index (κ3) is 4.84. The van der Waals surface area contributed by atoms with Crippen LogP contribution in [0.25, 0.3) is 0 Å². The first-order valence-corrected chi connectivity index (χ1v) is 10.0. The van der Waals surface area contributed by atoms with Crippen molar-refractivity contribution in [1.82, 2.24) is 9.80 Å². The zero-order valence-corrected chi connectivity index (χ0v) is 16.0. The van der Waals surface area contributed by atoms with Gasteiger partial charge in [-0.05, 0) is 37.8 Å². The van der Waals surface area contributed by atoms with E-state index in [0.717, 1.165) is 52.1 Å². The van der Waals surface area contributed by atoms with Gasteiger partial charge in [-0.25, -0.2) is 0 Å². The zero-order chi connectivity index (χ0) is 18.4. The fourth-order valence-electron chi connectivity index (χ4n) is 4.34. The summed E-state index contributed by atoms with van der Waals surface area (Å²) >= 11 is 0. The van der Waals surface area contributed by atoms with Gasteiger partial charge in [-0.15, -0.1) is 0 Å². The van der Waals surface area contributed by atoms with Crippen molar-refractivity contribution in [2.24, 2.45) is 17.6 Å². The number of morpholine rings is 1. The van der Waals surface area contributed by atoms with E-state index in [1.54, 1.807) is 0 Å². The van der Waals surface area contributed by atoms with E-state index < -0.39 is 0 Å². The molecule has 5 heteroatoms. The van der Waals surface area contributed by atoms with E-state index >= 15 is 0 Å². The average Bonchev–Trinajstić information content (AvgIpc) is 3.16. The summed E-state index contributed by atoms with van der Waals surface area (Å²) in [5.41, 5.74) is 7.14. The molecule has 0 bridgehead atoms. The molecule has 1 aliphatic heterocycles. The molecule has 144 valence electrons. The van der Waals surface area contributed by atoms with E-state index in [0.29, 0.717) is 24.9 Å². The molecule has 2 N–H and O–H groups in total. The van der Waals surface area contributed by atoms with Crippen molar-refractivity contribution in [2.75, 3.05) is 39.4 Å². The van der Waals surface area contributed by atoms with Crippen molar-refractivity contribution in [3.8, 4) is 0 Å². The lowest BCUT2D eigenvalue weighted by Gasteiger charge is -2.37. The maximum Gasteiger partial charge on any atom is 0.226 e. The summed E-state index contributed by atoms with van der Waals surface area (Å²) in [5.74, 6) is 0.731. The van der Waals surface area contributed by atoms with Crippen molar-refractivity contribution >= 4 is 5.91 Å². The molecule has 1 heterocycles. The Labute approximate surface area is 157 Å². The van der Waals surface area contributed by atoms with E-state index in [-0.39, 0.29) is 12.0 Å². The van der Waals surface area contributed by atoms with Crippen LogP contribution in [0.3, 0.4) is 0 Å². The second-order valence-corrected chi connectivity index (χ2v) is 7.75. The van der Waals surface area contributed by atoms with Crippen molar-refractivity contribution in [3.63, 3.8) is 0 Å². The molecule has 1 saturated heterocycles. The van der Waals surface area contributed by atoms with Crippen molar-refractivity contribution in [3.05, 3.63) is 35.9 Å². The van der Waals surface area contributed by atoms with Gasteiger partial charge in [-0.3, -0.25) is 9.69 Å². The summed E-state index contributed by atoms with van der Waals surface area (Å²) < 4.78 is 5.46. The van der Waals surface area contributed by atoms with Crippen molar-refractivity contribution in [1.29, 1.82) is 0 Å². The Morgan fingerprint density at radius 3 is 2.69 bits per heavy atom. The fraction of sp³-hybridized carbons (Fsp3) is 0.667. The summed E-state index contributed by atoms with van der Waals surface area (Å²) in [6.45, 7) is 7.87. The molecule has 0 aromatic heterocycles. The summed E-state index contributed by atoms with van der Waals surface area (Å²) in [4.78, 5) is 17.9. The first-order chi connectivity index (χ1) is 12.7. The van der Waals surface area contributed by atoms with Crippen LogP contribution in [0.15, 0.2) is 30.3 Å². The van der Waals surface area contributed by atoms with Crippen molar-refractivity contribution in [2.45, 2.75) is 38.8 Å². The molecule has 1 aliphatic carbocycles. The molecule has 1 aromatic rings. The van der Waals surface area contributed by atoms with Gasteiger partial charge in [0.15, 0.2) is 0 Å². The van der Waals surface area contributed by atoms with E-state index in [1.165, 1.54) is 5.56 Å².